The van der Waals surface area contributed by atoms with Crippen LogP contribution in [0.1, 0.15) is 126 Å². The van der Waals surface area contributed by atoms with Crippen molar-refractivity contribution in [3.63, 3.8) is 0 Å². The Kier molecular flexibility index (Phi) is 5.80. The monoisotopic (exact) mass is 472 g/mol. The van der Waals surface area contributed by atoms with Crippen molar-refractivity contribution in [2.24, 2.45) is 62.6 Å². The zero-order valence-electron chi connectivity index (χ0n) is 23.8. The van der Waals surface area contributed by atoms with Crippen LogP contribution in [0.15, 0.2) is 0 Å². The molecule has 2 unspecified atom stereocenters. The molecular formula is C32H56O2. The van der Waals surface area contributed by atoms with Crippen LogP contribution in [0.3, 0.4) is 0 Å². The van der Waals surface area contributed by atoms with Gasteiger partial charge in [-0.05, 0) is 133 Å². The summed E-state index contributed by atoms with van der Waals surface area (Å²) in [6, 6.07) is 0. The number of hydrogen-bond donors (Lipinski definition) is 2. The third-order valence-electron chi connectivity index (χ3n) is 14.8. The fraction of sp³-hybridized carbons (Fsp3) is 1.00. The second-order valence-corrected chi connectivity index (χ2v) is 15.8. The summed E-state index contributed by atoms with van der Waals surface area (Å²) in [5.41, 5.74) is 1.85. The maximum Gasteiger partial charge on any atom is 0.0900 e. The largest absolute Gasteiger partial charge is 0.393 e. The molecule has 2 heteroatoms. The Labute approximate surface area is 211 Å². The van der Waals surface area contributed by atoms with Gasteiger partial charge in [-0.3, -0.25) is 0 Å². The van der Waals surface area contributed by atoms with Crippen molar-refractivity contribution in [2.45, 2.75) is 132 Å². The average molecular weight is 473 g/mol. The molecule has 5 rings (SSSR count). The van der Waals surface area contributed by atoms with E-state index in [0.717, 1.165) is 36.5 Å². The van der Waals surface area contributed by atoms with E-state index >= 15 is 0 Å². The van der Waals surface area contributed by atoms with E-state index in [9.17, 15) is 10.2 Å². The molecule has 0 aromatic heterocycles. The molecule has 0 bridgehead atoms. The molecule has 2 nitrogen and oxygen atoms in total. The van der Waals surface area contributed by atoms with Gasteiger partial charge in [-0.15, -0.1) is 0 Å². The van der Waals surface area contributed by atoms with Crippen molar-refractivity contribution < 1.29 is 10.2 Å². The van der Waals surface area contributed by atoms with Crippen molar-refractivity contribution in [3.8, 4) is 0 Å². The Morgan fingerprint density at radius 1 is 0.824 bits per heavy atom. The summed E-state index contributed by atoms with van der Waals surface area (Å²) in [4.78, 5) is 0. The Bertz CT molecular complexity index is 803. The quantitative estimate of drug-likeness (QED) is 0.413. The minimum absolute atomic E-state index is 0.104. The molecule has 196 valence electrons. The number of aliphatic hydroxyl groups excluding tert-OH is 1. The molecule has 0 amide bonds. The molecule has 0 aliphatic heterocycles. The van der Waals surface area contributed by atoms with E-state index in [1.807, 2.05) is 13.8 Å². The predicted octanol–water partition coefficient (Wildman–Crippen LogP) is 7.86. The molecule has 2 N–H and O–H groups in total. The minimum Gasteiger partial charge on any atom is -0.393 e. The van der Waals surface area contributed by atoms with Crippen LogP contribution >= 0.6 is 0 Å². The molecule has 10 atom stereocenters. The van der Waals surface area contributed by atoms with Crippen molar-refractivity contribution in [1.29, 1.82) is 0 Å². The van der Waals surface area contributed by atoms with Crippen LogP contribution in [0, 0.1) is 62.6 Å². The lowest BCUT2D eigenvalue weighted by molar-refractivity contribution is -0.150. The maximum atomic E-state index is 11.0. The summed E-state index contributed by atoms with van der Waals surface area (Å²) in [7, 11) is 0. The first-order valence-corrected chi connectivity index (χ1v) is 15.1. The van der Waals surface area contributed by atoms with E-state index in [-0.39, 0.29) is 12.5 Å². The van der Waals surface area contributed by atoms with Gasteiger partial charge in [0.15, 0.2) is 0 Å². The van der Waals surface area contributed by atoms with Gasteiger partial charge in [-0.25, -0.2) is 0 Å². The van der Waals surface area contributed by atoms with E-state index in [1.54, 1.807) is 6.42 Å². The summed E-state index contributed by atoms with van der Waals surface area (Å²) in [6.07, 6.45) is 15.0. The van der Waals surface area contributed by atoms with Crippen LogP contribution < -0.4 is 0 Å². The molecule has 0 heterocycles. The minimum atomic E-state index is -0.919. The zero-order chi connectivity index (χ0) is 24.9. The predicted molar refractivity (Wildman–Crippen MR) is 141 cm³/mol. The van der Waals surface area contributed by atoms with Crippen molar-refractivity contribution >= 4 is 0 Å². The van der Waals surface area contributed by atoms with Crippen LogP contribution in [0.25, 0.3) is 0 Å². The van der Waals surface area contributed by atoms with Gasteiger partial charge in [0.25, 0.3) is 0 Å². The van der Waals surface area contributed by atoms with Crippen LogP contribution in [-0.4, -0.2) is 22.4 Å². The van der Waals surface area contributed by atoms with Gasteiger partial charge in [0.2, 0.25) is 0 Å². The first-order chi connectivity index (χ1) is 15.7. The van der Waals surface area contributed by atoms with E-state index in [4.69, 9.17) is 0 Å². The molecule has 5 saturated carbocycles. The first-order valence-electron chi connectivity index (χ1n) is 15.1. The lowest BCUT2D eigenvalue weighted by Crippen LogP contribution is -2.56. The molecule has 5 aliphatic rings. The molecule has 0 saturated heterocycles. The Morgan fingerprint density at radius 2 is 1.47 bits per heavy atom. The number of fused-ring (bicyclic) bond motifs is 2. The van der Waals surface area contributed by atoms with Crippen molar-refractivity contribution in [2.75, 3.05) is 6.61 Å². The number of aliphatic hydroxyl groups is 2. The summed E-state index contributed by atoms with van der Waals surface area (Å²) < 4.78 is 0. The van der Waals surface area contributed by atoms with E-state index in [1.165, 1.54) is 51.4 Å². The van der Waals surface area contributed by atoms with Gasteiger partial charge in [0.1, 0.15) is 0 Å². The lowest BCUT2D eigenvalue weighted by atomic mass is 9.41. The number of hydrogen-bond acceptors (Lipinski definition) is 2. The lowest BCUT2D eigenvalue weighted by Gasteiger charge is -2.63. The van der Waals surface area contributed by atoms with Gasteiger partial charge in [0.05, 0.1) is 12.2 Å². The van der Waals surface area contributed by atoms with Crippen LogP contribution in [-0.2, 0) is 0 Å². The Morgan fingerprint density at radius 3 is 2.12 bits per heavy atom. The van der Waals surface area contributed by atoms with Gasteiger partial charge >= 0.3 is 0 Å². The molecule has 2 spiro atoms. The third-order valence-corrected chi connectivity index (χ3v) is 14.8. The fourth-order valence-corrected chi connectivity index (χ4v) is 11.7. The highest BCUT2D eigenvalue weighted by Crippen LogP contribution is 2.89. The van der Waals surface area contributed by atoms with Crippen molar-refractivity contribution in [1.82, 2.24) is 0 Å². The van der Waals surface area contributed by atoms with E-state index < -0.39 is 5.60 Å². The average Bonchev–Trinajstić information content (AvgIpc) is 3.37. The van der Waals surface area contributed by atoms with Gasteiger partial charge < -0.3 is 10.2 Å². The van der Waals surface area contributed by atoms with E-state index in [0.29, 0.717) is 33.0 Å². The molecule has 34 heavy (non-hydrogen) atoms. The zero-order valence-corrected chi connectivity index (χ0v) is 23.8. The fourth-order valence-electron chi connectivity index (χ4n) is 11.7. The molecule has 5 aliphatic carbocycles. The van der Waals surface area contributed by atoms with Crippen molar-refractivity contribution in [3.05, 3.63) is 0 Å². The van der Waals surface area contributed by atoms with Crippen LogP contribution in [0.4, 0.5) is 0 Å². The Hall–Kier alpha value is -0.0800. The van der Waals surface area contributed by atoms with Crippen LogP contribution in [0.5, 0.6) is 0 Å². The molecule has 5 fully saturated rings. The molecule has 0 aromatic carbocycles. The highest BCUT2D eigenvalue weighted by atomic mass is 16.3. The summed E-state index contributed by atoms with van der Waals surface area (Å²) in [5, 5.41) is 20.8. The van der Waals surface area contributed by atoms with Crippen LogP contribution in [0.2, 0.25) is 0 Å². The SMILES string of the molecule is CC(C)C(O)(CO)CC[C@@H](C)[C@H]1CC[C@@]2(C)[C@@H]3CC[C@H]4C(C)(C)[C@@H](C)CCC45C[C@@]35CC[C@]12C. The smallest absolute Gasteiger partial charge is 0.0900 e. The van der Waals surface area contributed by atoms with Gasteiger partial charge in [0, 0.05) is 0 Å². The second-order valence-electron chi connectivity index (χ2n) is 15.8. The summed E-state index contributed by atoms with van der Waals surface area (Å²) in [5.74, 6) is 4.25. The highest BCUT2D eigenvalue weighted by Gasteiger charge is 2.81. The van der Waals surface area contributed by atoms with Gasteiger partial charge in [-0.2, -0.15) is 0 Å². The van der Waals surface area contributed by atoms with E-state index in [2.05, 4.69) is 41.5 Å². The first kappa shape index (κ1) is 25.6. The normalized spacial score (nSPS) is 51.6. The summed E-state index contributed by atoms with van der Waals surface area (Å²) in [6.45, 7) is 19.6. The Balaban J connectivity index is 1.37. The maximum absolute atomic E-state index is 11.0. The molecule has 0 radical (unpaired) electrons. The molecular weight excluding hydrogens is 416 g/mol. The highest BCUT2D eigenvalue weighted by molar-refractivity contribution is 5.30. The third kappa shape index (κ3) is 3.00. The number of rotatable bonds is 6. The second kappa shape index (κ2) is 7.72. The van der Waals surface area contributed by atoms with Gasteiger partial charge in [-0.1, -0.05) is 55.4 Å². The molecule has 0 aromatic rings. The topological polar surface area (TPSA) is 40.5 Å². The summed E-state index contributed by atoms with van der Waals surface area (Å²) >= 11 is 0. The standard InChI is InChI=1S/C32H56O2/c1-21(2)32(34,20-33)16-11-22(3)24-13-14-29(8)26-10-9-25-27(5,6)23(4)12-15-30(25)19-31(26,30)18-17-28(24,29)7/h21-26,33-34H,9-20H2,1-8H3/t22-,23+,24-,25+,26+,28-,29+,30?,31+,32?/m1/s1.